The lowest BCUT2D eigenvalue weighted by molar-refractivity contribution is -0.384. The highest BCUT2D eigenvalue weighted by atomic mass is 16.6. The lowest BCUT2D eigenvalue weighted by atomic mass is 9.86. The maximum absolute atomic E-state index is 14.0. The van der Waals surface area contributed by atoms with E-state index >= 15 is 0 Å². The van der Waals surface area contributed by atoms with Gasteiger partial charge < -0.3 is 4.90 Å². The monoisotopic (exact) mass is 493 g/mol. The van der Waals surface area contributed by atoms with Gasteiger partial charge in [-0.15, -0.1) is 0 Å². The SMILES string of the molecule is O=C(c1cccc([N+](=O)[O-])c1)[C@@H]1[C@@H]2C(=O)N(CCc3ccccc3)C(=O)[C@@H]2[C@H]2C=Cc3ccccc3N21. The van der Waals surface area contributed by atoms with Crippen molar-refractivity contribution in [3.05, 3.63) is 112 Å². The van der Waals surface area contributed by atoms with E-state index in [0.717, 1.165) is 16.8 Å². The van der Waals surface area contributed by atoms with Crippen LogP contribution in [0.25, 0.3) is 6.08 Å². The number of non-ortho nitro benzene ring substituents is 1. The zero-order valence-corrected chi connectivity index (χ0v) is 19.8. The predicted molar refractivity (Wildman–Crippen MR) is 137 cm³/mol. The van der Waals surface area contributed by atoms with Crippen molar-refractivity contribution < 1.29 is 19.3 Å². The molecule has 3 heterocycles. The van der Waals surface area contributed by atoms with E-state index in [1.54, 1.807) is 0 Å². The number of rotatable bonds is 6. The third-order valence-electron chi connectivity index (χ3n) is 7.58. The molecule has 0 N–H and O–H groups in total. The van der Waals surface area contributed by atoms with Crippen LogP contribution in [0.4, 0.5) is 11.4 Å². The number of anilines is 1. The molecule has 8 heteroatoms. The topological polar surface area (TPSA) is 101 Å². The van der Waals surface area contributed by atoms with Gasteiger partial charge in [0.2, 0.25) is 11.8 Å². The fraction of sp³-hybridized carbons (Fsp3) is 0.207. The zero-order valence-electron chi connectivity index (χ0n) is 19.8. The number of benzene rings is 3. The van der Waals surface area contributed by atoms with E-state index in [1.807, 2.05) is 71.6 Å². The number of ketones is 1. The first-order valence-corrected chi connectivity index (χ1v) is 12.2. The van der Waals surface area contributed by atoms with Crippen molar-refractivity contribution in [2.24, 2.45) is 11.8 Å². The maximum Gasteiger partial charge on any atom is 0.270 e. The maximum atomic E-state index is 14.0. The van der Waals surface area contributed by atoms with Gasteiger partial charge in [-0.3, -0.25) is 29.4 Å². The molecular formula is C29H23N3O5. The second-order valence-corrected chi connectivity index (χ2v) is 9.55. The number of nitrogens with zero attached hydrogens (tertiary/aromatic N) is 3. The number of para-hydroxylation sites is 1. The van der Waals surface area contributed by atoms with Crippen LogP contribution in [0.15, 0.2) is 84.9 Å². The summed E-state index contributed by atoms with van der Waals surface area (Å²) in [6, 6.07) is 21.3. The summed E-state index contributed by atoms with van der Waals surface area (Å²) in [6.07, 6.45) is 4.35. The number of carbonyl (C=O) groups is 3. The van der Waals surface area contributed by atoms with Crippen LogP contribution in [-0.2, 0) is 16.0 Å². The molecule has 8 nitrogen and oxygen atoms in total. The molecule has 184 valence electrons. The summed E-state index contributed by atoms with van der Waals surface area (Å²) in [5, 5.41) is 11.4. The molecule has 3 aliphatic rings. The lowest BCUT2D eigenvalue weighted by Crippen LogP contribution is -2.49. The van der Waals surface area contributed by atoms with Crippen LogP contribution in [-0.4, -0.2) is 46.0 Å². The molecule has 0 radical (unpaired) electrons. The molecule has 0 spiro atoms. The summed E-state index contributed by atoms with van der Waals surface area (Å²) in [5.41, 5.74) is 2.61. The quantitative estimate of drug-likeness (QED) is 0.223. The molecular weight excluding hydrogens is 470 g/mol. The van der Waals surface area contributed by atoms with Gasteiger partial charge >= 0.3 is 0 Å². The second kappa shape index (κ2) is 8.81. The van der Waals surface area contributed by atoms with Gasteiger partial charge in [-0.25, -0.2) is 0 Å². The summed E-state index contributed by atoms with van der Waals surface area (Å²) in [4.78, 5) is 55.4. The van der Waals surface area contributed by atoms with Gasteiger partial charge in [0.25, 0.3) is 5.69 Å². The van der Waals surface area contributed by atoms with Crippen molar-refractivity contribution in [2.45, 2.75) is 18.5 Å². The number of nitro benzene ring substituents is 1. The normalized spacial score (nSPS) is 23.6. The molecule has 3 aromatic rings. The fourth-order valence-electron chi connectivity index (χ4n) is 5.92. The number of nitro groups is 1. The number of Topliss-reactive ketones (excluding diaryl/α,β-unsaturated/α-hetero) is 1. The van der Waals surface area contributed by atoms with Gasteiger partial charge in [-0.05, 0) is 23.6 Å². The Hall–Kier alpha value is -4.59. The second-order valence-electron chi connectivity index (χ2n) is 9.55. The Bertz CT molecular complexity index is 1470. The molecule has 3 aromatic carbocycles. The van der Waals surface area contributed by atoms with Gasteiger partial charge in [-0.1, -0.05) is 72.8 Å². The third-order valence-corrected chi connectivity index (χ3v) is 7.58. The predicted octanol–water partition coefficient (Wildman–Crippen LogP) is 3.91. The van der Waals surface area contributed by atoms with Crippen molar-refractivity contribution in [1.82, 2.24) is 4.90 Å². The van der Waals surface area contributed by atoms with E-state index in [2.05, 4.69) is 0 Å². The van der Waals surface area contributed by atoms with Crippen molar-refractivity contribution in [2.75, 3.05) is 11.4 Å². The molecule has 0 aromatic heterocycles. The fourth-order valence-corrected chi connectivity index (χ4v) is 5.92. The Morgan fingerprint density at radius 3 is 2.41 bits per heavy atom. The summed E-state index contributed by atoms with van der Waals surface area (Å²) < 4.78 is 0. The van der Waals surface area contributed by atoms with Crippen molar-refractivity contribution >= 4 is 35.0 Å². The van der Waals surface area contributed by atoms with Gasteiger partial charge in [0.1, 0.15) is 6.04 Å². The number of likely N-dealkylation sites (tertiary alicyclic amines) is 1. The first kappa shape index (κ1) is 22.8. The van der Waals surface area contributed by atoms with Crippen LogP contribution in [0.2, 0.25) is 0 Å². The summed E-state index contributed by atoms with van der Waals surface area (Å²) in [5.74, 6) is -2.64. The molecule has 37 heavy (non-hydrogen) atoms. The average Bonchev–Trinajstić information content (AvgIpc) is 3.40. The molecule has 4 atom stereocenters. The number of imide groups is 1. The molecule has 0 unspecified atom stereocenters. The Morgan fingerprint density at radius 1 is 0.892 bits per heavy atom. The van der Waals surface area contributed by atoms with Crippen molar-refractivity contribution in [1.29, 1.82) is 0 Å². The number of fused-ring (bicyclic) bond motifs is 5. The number of carbonyl (C=O) groups excluding carboxylic acids is 3. The minimum atomic E-state index is -0.957. The van der Waals surface area contributed by atoms with Gasteiger partial charge in [0.05, 0.1) is 22.8 Å². The minimum absolute atomic E-state index is 0.147. The summed E-state index contributed by atoms with van der Waals surface area (Å²) in [7, 11) is 0. The lowest BCUT2D eigenvalue weighted by Gasteiger charge is -2.36. The van der Waals surface area contributed by atoms with Crippen molar-refractivity contribution in [3.8, 4) is 0 Å². The minimum Gasteiger partial charge on any atom is -0.352 e. The Balaban J connectivity index is 1.40. The Kier molecular flexibility index (Phi) is 5.44. The van der Waals surface area contributed by atoms with Crippen LogP contribution in [0.3, 0.4) is 0 Å². The van der Waals surface area contributed by atoms with Gasteiger partial charge in [-0.2, -0.15) is 0 Å². The van der Waals surface area contributed by atoms with E-state index < -0.39 is 34.6 Å². The van der Waals surface area contributed by atoms with E-state index in [0.29, 0.717) is 6.42 Å². The van der Waals surface area contributed by atoms with Crippen LogP contribution < -0.4 is 4.90 Å². The zero-order chi connectivity index (χ0) is 25.7. The van der Waals surface area contributed by atoms with E-state index in [9.17, 15) is 24.5 Å². The smallest absolute Gasteiger partial charge is 0.270 e. The molecule has 2 fully saturated rings. The van der Waals surface area contributed by atoms with E-state index in [-0.39, 0.29) is 29.6 Å². The molecule has 0 bridgehead atoms. The number of hydrogen-bond acceptors (Lipinski definition) is 6. The van der Waals surface area contributed by atoms with Crippen LogP contribution in [0.5, 0.6) is 0 Å². The molecule has 0 saturated carbocycles. The highest BCUT2D eigenvalue weighted by Crippen LogP contribution is 2.49. The molecule has 3 aliphatic heterocycles. The summed E-state index contributed by atoms with van der Waals surface area (Å²) >= 11 is 0. The van der Waals surface area contributed by atoms with Gasteiger partial charge in [0.15, 0.2) is 5.78 Å². The molecule has 0 aliphatic carbocycles. The van der Waals surface area contributed by atoms with Gasteiger partial charge in [0, 0.05) is 29.9 Å². The Morgan fingerprint density at radius 2 is 1.62 bits per heavy atom. The third kappa shape index (κ3) is 3.64. The highest BCUT2D eigenvalue weighted by molar-refractivity contribution is 6.14. The summed E-state index contributed by atoms with van der Waals surface area (Å²) in [6.45, 7) is 0.236. The molecule has 6 rings (SSSR count). The van der Waals surface area contributed by atoms with E-state index in [4.69, 9.17) is 0 Å². The first-order valence-electron chi connectivity index (χ1n) is 12.2. The van der Waals surface area contributed by atoms with Crippen molar-refractivity contribution in [3.63, 3.8) is 0 Å². The van der Waals surface area contributed by atoms with Crippen LogP contribution in [0.1, 0.15) is 21.5 Å². The van der Waals surface area contributed by atoms with Crippen LogP contribution >= 0.6 is 0 Å². The number of hydrogen-bond donors (Lipinski definition) is 0. The first-order chi connectivity index (χ1) is 18.0. The Labute approximate surface area is 213 Å². The molecule has 2 saturated heterocycles. The number of amides is 2. The molecule has 2 amide bonds. The average molecular weight is 494 g/mol. The largest absolute Gasteiger partial charge is 0.352 e. The van der Waals surface area contributed by atoms with Crippen LogP contribution in [0, 0.1) is 22.0 Å². The highest BCUT2D eigenvalue weighted by Gasteiger charge is 2.63. The standard InChI is InChI=1S/C29H23N3O5/c33-27(20-10-6-11-21(17-20)32(36)37)26-25-24(23-14-13-19-9-4-5-12-22(19)31(23)26)28(34)30(29(25)35)16-15-18-7-2-1-3-8-18/h1-14,17,23-26H,15-16H2/t23-,24-,25-,26+/m1/s1. The van der Waals surface area contributed by atoms with E-state index in [1.165, 1.54) is 29.2 Å².